The van der Waals surface area contributed by atoms with Crippen molar-refractivity contribution in [1.29, 1.82) is 0 Å². The first kappa shape index (κ1) is 24.7. The number of nitrogens with zero attached hydrogens (tertiary/aromatic N) is 4. The van der Waals surface area contributed by atoms with Crippen molar-refractivity contribution in [3.05, 3.63) is 76.7 Å². The number of thioether (sulfide) groups is 1. The Kier molecular flexibility index (Phi) is 7.12. The van der Waals surface area contributed by atoms with E-state index in [4.69, 9.17) is 10.1 Å². The first-order valence-corrected chi connectivity index (χ1v) is 12.8. The highest BCUT2D eigenvalue weighted by Crippen LogP contribution is 2.27. The maximum Gasteiger partial charge on any atom is 0.262 e. The number of hydrogen-bond donors (Lipinski definition) is 1. The van der Waals surface area contributed by atoms with Crippen LogP contribution in [0.15, 0.2) is 70.6 Å². The number of rotatable bonds is 7. The van der Waals surface area contributed by atoms with Crippen LogP contribution >= 0.6 is 11.8 Å². The van der Waals surface area contributed by atoms with E-state index in [1.165, 1.54) is 11.8 Å². The van der Waals surface area contributed by atoms with Gasteiger partial charge in [0.05, 0.1) is 28.0 Å². The molecule has 0 fully saturated rings. The summed E-state index contributed by atoms with van der Waals surface area (Å²) in [6.45, 7) is 10.3. The summed E-state index contributed by atoms with van der Waals surface area (Å²) in [6, 6.07) is 18.9. The molecule has 0 bridgehead atoms. The monoisotopic (exact) mass is 489 g/mol. The minimum Gasteiger partial charge on any atom is -0.310 e. The van der Waals surface area contributed by atoms with E-state index in [1.807, 2.05) is 68.4 Å². The molecule has 1 N–H and O–H groups in total. The summed E-state index contributed by atoms with van der Waals surface area (Å²) >= 11 is 1.27. The number of fused-ring (bicyclic) bond motifs is 1. The molecular formula is C27H31N5O2S. The second-order valence-electron chi connectivity index (χ2n) is 9.59. The summed E-state index contributed by atoms with van der Waals surface area (Å²) in [7, 11) is 0. The number of anilines is 1. The highest BCUT2D eigenvalue weighted by molar-refractivity contribution is 7.99. The van der Waals surface area contributed by atoms with Gasteiger partial charge in [-0.2, -0.15) is 5.10 Å². The standard InChI is InChI=1S/C27H31N5O2S/c1-6-18(2)31-25(34)20-14-10-11-15-21(20)28-26(31)35-17-24(33)29-23-16-22(27(3,4)5)30-32(23)19-12-8-7-9-13-19/h7-16,18H,6,17H2,1-5H3,(H,29,33)/t18-/m1/s1. The van der Waals surface area contributed by atoms with Crippen molar-refractivity contribution >= 4 is 34.4 Å². The van der Waals surface area contributed by atoms with Crippen LogP contribution in [-0.2, 0) is 10.2 Å². The van der Waals surface area contributed by atoms with Gasteiger partial charge in [0.25, 0.3) is 5.56 Å². The van der Waals surface area contributed by atoms with Crippen LogP contribution < -0.4 is 10.9 Å². The molecule has 4 rings (SSSR count). The number of carbonyl (C=O) groups excluding carboxylic acids is 1. The van der Waals surface area contributed by atoms with Crippen LogP contribution in [0.25, 0.3) is 16.6 Å². The molecule has 0 saturated heterocycles. The summed E-state index contributed by atoms with van der Waals surface area (Å²) in [5.74, 6) is 0.537. The first-order valence-electron chi connectivity index (χ1n) is 11.8. The van der Waals surface area contributed by atoms with E-state index in [9.17, 15) is 9.59 Å². The van der Waals surface area contributed by atoms with E-state index in [0.29, 0.717) is 21.9 Å². The van der Waals surface area contributed by atoms with Crippen LogP contribution in [0.1, 0.15) is 52.8 Å². The molecular weight excluding hydrogens is 458 g/mol. The topological polar surface area (TPSA) is 81.8 Å². The zero-order valence-electron chi connectivity index (χ0n) is 20.8. The number of hydrogen-bond acceptors (Lipinski definition) is 5. The molecule has 0 aliphatic carbocycles. The van der Waals surface area contributed by atoms with E-state index >= 15 is 0 Å². The van der Waals surface area contributed by atoms with Crippen LogP contribution in [0, 0.1) is 0 Å². The maximum absolute atomic E-state index is 13.2. The molecule has 1 atom stereocenters. The number of carbonyl (C=O) groups is 1. The predicted molar refractivity (Wildman–Crippen MR) is 143 cm³/mol. The third-order valence-corrected chi connectivity index (χ3v) is 6.84. The molecule has 7 nitrogen and oxygen atoms in total. The van der Waals surface area contributed by atoms with Crippen LogP contribution in [-0.4, -0.2) is 31.0 Å². The highest BCUT2D eigenvalue weighted by Gasteiger charge is 2.22. The molecule has 0 aliphatic heterocycles. The van der Waals surface area contributed by atoms with Crippen molar-refractivity contribution in [3.8, 4) is 5.69 Å². The van der Waals surface area contributed by atoms with Crippen LogP contribution in [0.5, 0.6) is 0 Å². The first-order chi connectivity index (χ1) is 16.7. The average molecular weight is 490 g/mol. The minimum atomic E-state index is -0.189. The lowest BCUT2D eigenvalue weighted by molar-refractivity contribution is -0.113. The second-order valence-corrected chi connectivity index (χ2v) is 10.5. The summed E-state index contributed by atoms with van der Waals surface area (Å²) < 4.78 is 3.46. The molecule has 1 amide bonds. The van der Waals surface area contributed by atoms with E-state index in [0.717, 1.165) is 17.8 Å². The Morgan fingerprint density at radius 1 is 1.09 bits per heavy atom. The quantitative estimate of drug-likeness (QED) is 0.271. The van der Waals surface area contributed by atoms with Gasteiger partial charge in [-0.1, -0.05) is 69.8 Å². The lowest BCUT2D eigenvalue weighted by Gasteiger charge is -2.18. The van der Waals surface area contributed by atoms with E-state index in [1.54, 1.807) is 15.3 Å². The molecule has 4 aromatic rings. The Balaban J connectivity index is 1.61. The zero-order valence-corrected chi connectivity index (χ0v) is 21.6. The van der Waals surface area contributed by atoms with Crippen LogP contribution in [0.4, 0.5) is 5.82 Å². The molecule has 2 aromatic carbocycles. The van der Waals surface area contributed by atoms with Crippen molar-refractivity contribution in [2.45, 2.75) is 57.7 Å². The number of amides is 1. The van der Waals surface area contributed by atoms with Gasteiger partial charge in [0.1, 0.15) is 5.82 Å². The van der Waals surface area contributed by atoms with Gasteiger partial charge in [0.15, 0.2) is 5.16 Å². The number of para-hydroxylation sites is 2. The Morgan fingerprint density at radius 3 is 2.46 bits per heavy atom. The summed E-state index contributed by atoms with van der Waals surface area (Å²) in [5.41, 5.74) is 2.14. The minimum absolute atomic E-state index is 0.0287. The maximum atomic E-state index is 13.2. The Bertz CT molecular complexity index is 1400. The second kappa shape index (κ2) is 10.1. The van der Waals surface area contributed by atoms with Crippen molar-refractivity contribution in [2.75, 3.05) is 11.1 Å². The third-order valence-electron chi connectivity index (χ3n) is 5.89. The van der Waals surface area contributed by atoms with Crippen molar-refractivity contribution in [1.82, 2.24) is 19.3 Å². The van der Waals surface area contributed by atoms with Gasteiger partial charge >= 0.3 is 0 Å². The molecule has 182 valence electrons. The fraction of sp³-hybridized carbons (Fsp3) is 0.333. The van der Waals surface area contributed by atoms with Gasteiger partial charge in [-0.05, 0) is 37.6 Å². The van der Waals surface area contributed by atoms with E-state index in [2.05, 4.69) is 26.1 Å². The Morgan fingerprint density at radius 2 is 1.77 bits per heavy atom. The van der Waals surface area contributed by atoms with Crippen molar-refractivity contribution in [3.63, 3.8) is 0 Å². The van der Waals surface area contributed by atoms with Gasteiger partial charge < -0.3 is 5.32 Å². The van der Waals surface area contributed by atoms with Gasteiger partial charge in [-0.25, -0.2) is 9.67 Å². The van der Waals surface area contributed by atoms with Crippen LogP contribution in [0.2, 0.25) is 0 Å². The van der Waals surface area contributed by atoms with Crippen LogP contribution in [0.3, 0.4) is 0 Å². The Labute approximate surface area is 209 Å². The fourth-order valence-electron chi connectivity index (χ4n) is 3.71. The molecule has 0 spiro atoms. The highest BCUT2D eigenvalue weighted by atomic mass is 32.2. The lowest BCUT2D eigenvalue weighted by atomic mass is 9.92. The summed E-state index contributed by atoms with van der Waals surface area (Å²) in [5, 5.41) is 8.90. The largest absolute Gasteiger partial charge is 0.310 e. The van der Waals surface area contributed by atoms with E-state index in [-0.39, 0.29) is 28.7 Å². The third kappa shape index (κ3) is 5.32. The molecule has 2 aromatic heterocycles. The van der Waals surface area contributed by atoms with Crippen molar-refractivity contribution in [2.24, 2.45) is 0 Å². The molecule has 2 heterocycles. The molecule has 8 heteroatoms. The van der Waals surface area contributed by atoms with Gasteiger partial charge in [0.2, 0.25) is 5.91 Å². The molecule has 0 saturated carbocycles. The number of benzene rings is 2. The zero-order chi connectivity index (χ0) is 25.2. The van der Waals surface area contributed by atoms with Gasteiger partial charge in [-0.15, -0.1) is 0 Å². The predicted octanol–water partition coefficient (Wildman–Crippen LogP) is 5.58. The average Bonchev–Trinajstić information content (AvgIpc) is 3.27. The normalized spacial score (nSPS) is 12.6. The molecule has 0 aliphatic rings. The lowest BCUT2D eigenvalue weighted by Crippen LogP contribution is -2.26. The summed E-state index contributed by atoms with van der Waals surface area (Å²) in [6.07, 6.45) is 0.783. The fourth-order valence-corrected chi connectivity index (χ4v) is 4.61. The number of aromatic nitrogens is 4. The number of nitrogens with one attached hydrogen (secondary N) is 1. The van der Waals surface area contributed by atoms with Gasteiger partial charge in [-0.3, -0.25) is 14.2 Å². The molecule has 0 radical (unpaired) electrons. The Hall–Kier alpha value is -3.39. The van der Waals surface area contributed by atoms with Crippen molar-refractivity contribution < 1.29 is 4.79 Å². The molecule has 0 unspecified atom stereocenters. The van der Waals surface area contributed by atoms with Gasteiger partial charge in [0, 0.05) is 17.5 Å². The summed E-state index contributed by atoms with van der Waals surface area (Å²) in [4.78, 5) is 30.9. The SMILES string of the molecule is CC[C@@H](C)n1c(SCC(=O)Nc2cc(C(C)(C)C)nn2-c2ccccc2)nc2ccccc2c1=O. The van der Waals surface area contributed by atoms with E-state index < -0.39 is 0 Å². The molecule has 35 heavy (non-hydrogen) atoms. The smallest absolute Gasteiger partial charge is 0.262 e.